The van der Waals surface area contributed by atoms with Gasteiger partial charge in [-0.05, 0) is 31.2 Å². The summed E-state index contributed by atoms with van der Waals surface area (Å²) in [6, 6.07) is 10.3. The van der Waals surface area contributed by atoms with Crippen LogP contribution in [0.15, 0.2) is 30.3 Å². The van der Waals surface area contributed by atoms with Crippen LogP contribution in [-0.4, -0.2) is 59.4 Å². The van der Waals surface area contributed by atoms with Crippen molar-refractivity contribution in [1.29, 1.82) is 0 Å². The monoisotopic (exact) mass is 347 g/mol. The van der Waals surface area contributed by atoms with Crippen LogP contribution in [0.1, 0.15) is 31.4 Å². The van der Waals surface area contributed by atoms with Crippen molar-refractivity contribution in [2.24, 2.45) is 11.7 Å². The number of nitrogens with zero attached hydrogens (tertiary/aromatic N) is 2. The van der Waals surface area contributed by atoms with Crippen LogP contribution in [-0.2, 0) is 4.79 Å². The molecule has 0 spiro atoms. The highest BCUT2D eigenvalue weighted by Gasteiger charge is 2.34. The largest absolute Gasteiger partial charge is 0.341 e. The Balaban J connectivity index is 1.80. The Bertz CT molecular complexity index is 531. The molecule has 3 rings (SSSR count). The second kappa shape index (κ2) is 8.37. The normalized spacial score (nSPS) is 25.2. The zero-order chi connectivity index (χ0) is 16.9. The number of rotatable bonds is 4. The van der Waals surface area contributed by atoms with Crippen molar-refractivity contribution in [1.82, 2.24) is 9.80 Å². The number of piperidine rings is 1. The summed E-state index contributed by atoms with van der Waals surface area (Å²) in [5.74, 6) is 2.91. The van der Waals surface area contributed by atoms with E-state index in [1.165, 1.54) is 0 Å². The zero-order valence-electron chi connectivity index (χ0n) is 14.6. The highest BCUT2D eigenvalue weighted by Crippen LogP contribution is 2.29. The molecule has 2 N–H and O–H groups in total. The predicted molar refractivity (Wildman–Crippen MR) is 101 cm³/mol. The number of amides is 1. The minimum Gasteiger partial charge on any atom is -0.341 e. The maximum Gasteiger partial charge on any atom is 0.244 e. The zero-order valence-corrected chi connectivity index (χ0v) is 15.4. The summed E-state index contributed by atoms with van der Waals surface area (Å²) in [6.07, 6.45) is 2.20. The SMILES string of the molecule is CC(N)C1CCCN(C(=O)C(c2ccccc2)N2CCSCC2)C1. The van der Waals surface area contributed by atoms with Gasteiger partial charge in [-0.25, -0.2) is 0 Å². The molecule has 132 valence electrons. The Hall–Kier alpha value is -1.04. The van der Waals surface area contributed by atoms with Crippen LogP contribution in [0.25, 0.3) is 0 Å². The third kappa shape index (κ3) is 4.13. The first-order valence-electron chi connectivity index (χ1n) is 9.08. The van der Waals surface area contributed by atoms with Crippen LogP contribution in [0, 0.1) is 5.92 Å². The molecular formula is C19H29N3OS. The highest BCUT2D eigenvalue weighted by atomic mass is 32.2. The summed E-state index contributed by atoms with van der Waals surface area (Å²) in [4.78, 5) is 17.8. The summed E-state index contributed by atoms with van der Waals surface area (Å²) in [5, 5.41) is 0. The molecule has 0 bridgehead atoms. The van der Waals surface area contributed by atoms with Gasteiger partial charge in [-0.1, -0.05) is 30.3 Å². The van der Waals surface area contributed by atoms with E-state index in [0.717, 1.165) is 56.1 Å². The van der Waals surface area contributed by atoms with Gasteiger partial charge in [0.05, 0.1) is 0 Å². The number of hydrogen-bond donors (Lipinski definition) is 1. The lowest BCUT2D eigenvalue weighted by Crippen LogP contribution is -2.50. The van der Waals surface area contributed by atoms with Crippen molar-refractivity contribution in [3.8, 4) is 0 Å². The fourth-order valence-corrected chi connectivity index (χ4v) is 4.72. The second-order valence-corrected chi connectivity index (χ2v) is 8.23. The quantitative estimate of drug-likeness (QED) is 0.908. The van der Waals surface area contributed by atoms with Crippen molar-refractivity contribution >= 4 is 17.7 Å². The Kier molecular flexibility index (Phi) is 6.19. The molecule has 2 fully saturated rings. The van der Waals surface area contributed by atoms with E-state index >= 15 is 0 Å². The molecule has 5 heteroatoms. The van der Waals surface area contributed by atoms with E-state index in [1.807, 2.05) is 30.0 Å². The van der Waals surface area contributed by atoms with Gasteiger partial charge in [0, 0.05) is 43.7 Å². The van der Waals surface area contributed by atoms with E-state index in [9.17, 15) is 4.79 Å². The number of hydrogen-bond acceptors (Lipinski definition) is 4. The smallest absolute Gasteiger partial charge is 0.244 e. The molecule has 0 aromatic heterocycles. The molecule has 3 unspecified atom stereocenters. The molecule has 2 saturated heterocycles. The summed E-state index contributed by atoms with van der Waals surface area (Å²) < 4.78 is 0. The lowest BCUT2D eigenvalue weighted by atomic mass is 9.91. The molecule has 1 aromatic carbocycles. The molecule has 3 atom stereocenters. The standard InChI is InChI=1S/C19H29N3OS/c1-15(20)17-8-5-9-22(14-17)19(23)18(16-6-3-2-4-7-16)21-10-12-24-13-11-21/h2-4,6-7,15,17-18H,5,8-14,20H2,1H3. The minimum atomic E-state index is -0.140. The molecule has 0 saturated carbocycles. The van der Waals surface area contributed by atoms with E-state index in [2.05, 4.69) is 28.9 Å². The molecule has 2 aliphatic rings. The number of carbonyl (C=O) groups excluding carboxylic acids is 1. The van der Waals surface area contributed by atoms with Gasteiger partial charge < -0.3 is 10.6 Å². The third-order valence-electron chi connectivity index (χ3n) is 5.27. The average Bonchev–Trinajstić information content (AvgIpc) is 2.64. The predicted octanol–water partition coefficient (Wildman–Crippen LogP) is 2.36. The second-order valence-electron chi connectivity index (χ2n) is 7.01. The lowest BCUT2D eigenvalue weighted by molar-refractivity contribution is -0.139. The highest BCUT2D eigenvalue weighted by molar-refractivity contribution is 7.99. The van der Waals surface area contributed by atoms with Crippen molar-refractivity contribution < 1.29 is 4.79 Å². The number of nitrogens with two attached hydrogens (primary N) is 1. The lowest BCUT2D eigenvalue weighted by Gasteiger charge is -2.40. The minimum absolute atomic E-state index is 0.140. The van der Waals surface area contributed by atoms with E-state index in [0.29, 0.717) is 5.92 Å². The molecule has 2 heterocycles. The molecular weight excluding hydrogens is 318 g/mol. The van der Waals surface area contributed by atoms with Crippen LogP contribution in [0.4, 0.5) is 0 Å². The van der Waals surface area contributed by atoms with E-state index in [4.69, 9.17) is 5.73 Å². The van der Waals surface area contributed by atoms with Crippen molar-refractivity contribution in [2.75, 3.05) is 37.7 Å². The summed E-state index contributed by atoms with van der Waals surface area (Å²) in [6.45, 7) is 5.71. The van der Waals surface area contributed by atoms with Crippen LogP contribution < -0.4 is 5.73 Å². The van der Waals surface area contributed by atoms with Crippen LogP contribution in [0.3, 0.4) is 0 Å². The Morgan fingerprint density at radius 3 is 2.58 bits per heavy atom. The summed E-state index contributed by atoms with van der Waals surface area (Å²) >= 11 is 1.98. The van der Waals surface area contributed by atoms with Gasteiger partial charge >= 0.3 is 0 Å². The van der Waals surface area contributed by atoms with Crippen LogP contribution >= 0.6 is 11.8 Å². The molecule has 2 aliphatic heterocycles. The van der Waals surface area contributed by atoms with E-state index in [-0.39, 0.29) is 18.0 Å². The number of thioether (sulfide) groups is 1. The van der Waals surface area contributed by atoms with Gasteiger partial charge in [0.15, 0.2) is 0 Å². The topological polar surface area (TPSA) is 49.6 Å². The number of benzene rings is 1. The fraction of sp³-hybridized carbons (Fsp3) is 0.632. The van der Waals surface area contributed by atoms with Crippen molar-refractivity contribution in [2.45, 2.75) is 31.8 Å². The maximum absolute atomic E-state index is 13.4. The molecule has 1 aromatic rings. The molecule has 1 amide bonds. The third-order valence-corrected chi connectivity index (χ3v) is 6.22. The molecule has 24 heavy (non-hydrogen) atoms. The van der Waals surface area contributed by atoms with Gasteiger partial charge in [0.2, 0.25) is 5.91 Å². The number of likely N-dealkylation sites (tertiary alicyclic amines) is 1. The molecule has 0 radical (unpaired) electrons. The van der Waals surface area contributed by atoms with E-state index < -0.39 is 0 Å². The first-order valence-corrected chi connectivity index (χ1v) is 10.2. The first-order chi connectivity index (χ1) is 11.7. The average molecular weight is 348 g/mol. The maximum atomic E-state index is 13.4. The first kappa shape index (κ1) is 17.8. The van der Waals surface area contributed by atoms with Crippen LogP contribution in [0.2, 0.25) is 0 Å². The molecule has 0 aliphatic carbocycles. The Morgan fingerprint density at radius 2 is 1.92 bits per heavy atom. The van der Waals surface area contributed by atoms with Gasteiger partial charge in [0.25, 0.3) is 0 Å². The Morgan fingerprint density at radius 1 is 1.21 bits per heavy atom. The summed E-state index contributed by atoms with van der Waals surface area (Å²) in [5.41, 5.74) is 7.23. The summed E-state index contributed by atoms with van der Waals surface area (Å²) in [7, 11) is 0. The van der Waals surface area contributed by atoms with Crippen molar-refractivity contribution in [3.63, 3.8) is 0 Å². The van der Waals surface area contributed by atoms with Gasteiger partial charge in [0.1, 0.15) is 6.04 Å². The van der Waals surface area contributed by atoms with Gasteiger partial charge in [-0.15, -0.1) is 0 Å². The van der Waals surface area contributed by atoms with Crippen LogP contribution in [0.5, 0.6) is 0 Å². The van der Waals surface area contributed by atoms with Gasteiger partial charge in [-0.2, -0.15) is 11.8 Å². The molecule has 4 nitrogen and oxygen atoms in total. The van der Waals surface area contributed by atoms with Crippen molar-refractivity contribution in [3.05, 3.63) is 35.9 Å². The van der Waals surface area contributed by atoms with Gasteiger partial charge in [-0.3, -0.25) is 9.69 Å². The number of carbonyl (C=O) groups is 1. The Labute approximate surface area is 149 Å². The fourth-order valence-electron chi connectivity index (χ4n) is 3.79. The van der Waals surface area contributed by atoms with E-state index in [1.54, 1.807) is 0 Å².